The number of nitrogens with zero attached hydrogens (tertiary/aromatic N) is 4. The Morgan fingerprint density at radius 3 is 2.43 bits per heavy atom. The standard InChI is InChI=1S/C20H24N6O3S/c1-13-14(2)25-26(15(13)3)20-9-8-19(23-24-20)21-10-11-22-30(28,29)18-7-5-6-17(12-18)16(4)27/h5-9,12,22H,10-11H2,1-4H3,(H,21,23). The first-order valence-electron chi connectivity index (χ1n) is 9.40. The number of carbonyl (C=O) groups excluding carboxylic acids is 1. The highest BCUT2D eigenvalue weighted by atomic mass is 32.2. The van der Waals surface area contributed by atoms with E-state index in [2.05, 4.69) is 25.3 Å². The monoisotopic (exact) mass is 428 g/mol. The van der Waals surface area contributed by atoms with Crippen molar-refractivity contribution in [2.24, 2.45) is 0 Å². The predicted octanol–water partition coefficient (Wildman–Crippen LogP) is 2.18. The second-order valence-corrected chi connectivity index (χ2v) is 8.66. The third-order valence-electron chi connectivity index (χ3n) is 4.79. The molecule has 158 valence electrons. The van der Waals surface area contributed by atoms with E-state index >= 15 is 0 Å². The number of carbonyl (C=O) groups is 1. The lowest BCUT2D eigenvalue weighted by Gasteiger charge is -2.09. The molecule has 0 amide bonds. The predicted molar refractivity (Wildman–Crippen MR) is 113 cm³/mol. The maximum atomic E-state index is 12.4. The molecule has 1 aromatic carbocycles. The van der Waals surface area contributed by atoms with Crippen molar-refractivity contribution in [2.45, 2.75) is 32.6 Å². The molecule has 0 aliphatic rings. The molecular weight excluding hydrogens is 404 g/mol. The highest BCUT2D eigenvalue weighted by molar-refractivity contribution is 7.89. The Bertz CT molecular complexity index is 1170. The number of ketones is 1. The van der Waals surface area contributed by atoms with E-state index in [9.17, 15) is 13.2 Å². The van der Waals surface area contributed by atoms with Gasteiger partial charge in [0.2, 0.25) is 10.0 Å². The van der Waals surface area contributed by atoms with Crippen molar-refractivity contribution >= 4 is 21.6 Å². The summed E-state index contributed by atoms with van der Waals surface area (Å²) in [6.07, 6.45) is 0. The summed E-state index contributed by atoms with van der Waals surface area (Å²) in [5, 5.41) is 15.8. The quantitative estimate of drug-likeness (QED) is 0.417. The Labute approximate surface area is 175 Å². The van der Waals surface area contributed by atoms with Crippen LogP contribution < -0.4 is 10.0 Å². The van der Waals surface area contributed by atoms with Gasteiger partial charge in [-0.15, -0.1) is 10.2 Å². The molecule has 2 heterocycles. The Morgan fingerprint density at radius 2 is 1.83 bits per heavy atom. The zero-order valence-electron chi connectivity index (χ0n) is 17.3. The Hall–Kier alpha value is -3.11. The van der Waals surface area contributed by atoms with Crippen molar-refractivity contribution in [2.75, 3.05) is 18.4 Å². The largest absolute Gasteiger partial charge is 0.367 e. The zero-order valence-corrected chi connectivity index (χ0v) is 18.1. The third-order valence-corrected chi connectivity index (χ3v) is 6.25. The van der Waals surface area contributed by atoms with Gasteiger partial charge in [0.1, 0.15) is 5.82 Å². The SMILES string of the molecule is CC(=O)c1cccc(S(=O)(=O)NCCNc2ccc(-n3nc(C)c(C)c3C)nn2)c1. The van der Waals surface area contributed by atoms with Crippen LogP contribution >= 0.6 is 0 Å². The van der Waals surface area contributed by atoms with Crippen LogP contribution in [0.5, 0.6) is 0 Å². The number of hydrogen-bond donors (Lipinski definition) is 2. The average Bonchev–Trinajstić information content (AvgIpc) is 2.99. The highest BCUT2D eigenvalue weighted by Gasteiger charge is 2.15. The summed E-state index contributed by atoms with van der Waals surface area (Å²) in [7, 11) is -3.71. The zero-order chi connectivity index (χ0) is 21.9. The molecule has 0 spiro atoms. The molecule has 2 aromatic heterocycles. The van der Waals surface area contributed by atoms with Crippen molar-refractivity contribution in [3.8, 4) is 5.82 Å². The average molecular weight is 429 g/mol. The van der Waals surface area contributed by atoms with Gasteiger partial charge in [-0.2, -0.15) is 5.10 Å². The van der Waals surface area contributed by atoms with Crippen molar-refractivity contribution in [1.82, 2.24) is 24.7 Å². The van der Waals surface area contributed by atoms with Gasteiger partial charge in [-0.3, -0.25) is 4.79 Å². The Morgan fingerprint density at radius 1 is 1.07 bits per heavy atom. The summed E-state index contributed by atoms with van der Waals surface area (Å²) in [5.74, 6) is 0.946. The van der Waals surface area contributed by atoms with E-state index in [0.29, 0.717) is 23.7 Å². The Balaban J connectivity index is 1.57. The van der Waals surface area contributed by atoms with Gasteiger partial charge in [-0.05, 0) is 57.5 Å². The van der Waals surface area contributed by atoms with E-state index in [0.717, 1.165) is 17.0 Å². The van der Waals surface area contributed by atoms with Crippen molar-refractivity contribution < 1.29 is 13.2 Å². The molecule has 0 aliphatic carbocycles. The normalized spacial score (nSPS) is 11.5. The fraction of sp³-hybridized carbons (Fsp3) is 0.300. The molecule has 3 aromatic rings. The number of sulfonamides is 1. The lowest BCUT2D eigenvalue weighted by atomic mass is 10.2. The van der Waals surface area contributed by atoms with E-state index in [1.54, 1.807) is 28.9 Å². The molecule has 10 heteroatoms. The molecule has 0 fully saturated rings. The maximum absolute atomic E-state index is 12.4. The summed E-state index contributed by atoms with van der Waals surface area (Å²) in [6.45, 7) is 7.78. The molecular formula is C20H24N6O3S. The van der Waals surface area contributed by atoms with Crippen LogP contribution in [0.3, 0.4) is 0 Å². The molecule has 0 atom stereocenters. The van der Waals surface area contributed by atoms with Crippen LogP contribution in [-0.2, 0) is 10.0 Å². The van der Waals surface area contributed by atoms with E-state index in [1.807, 2.05) is 20.8 Å². The van der Waals surface area contributed by atoms with E-state index in [1.165, 1.54) is 19.1 Å². The lowest BCUT2D eigenvalue weighted by Crippen LogP contribution is -2.29. The van der Waals surface area contributed by atoms with Gasteiger partial charge in [-0.25, -0.2) is 17.8 Å². The van der Waals surface area contributed by atoms with Crippen LogP contribution in [0.15, 0.2) is 41.3 Å². The molecule has 3 rings (SSSR count). The number of hydrogen-bond acceptors (Lipinski definition) is 7. The van der Waals surface area contributed by atoms with E-state index in [-0.39, 0.29) is 17.2 Å². The van der Waals surface area contributed by atoms with E-state index < -0.39 is 10.0 Å². The summed E-state index contributed by atoms with van der Waals surface area (Å²) in [4.78, 5) is 11.5. The summed E-state index contributed by atoms with van der Waals surface area (Å²) < 4.78 is 29.0. The molecule has 0 radical (unpaired) electrons. The first kappa shape index (κ1) is 21.6. The fourth-order valence-corrected chi connectivity index (χ4v) is 3.90. The van der Waals surface area contributed by atoms with Gasteiger partial charge in [-0.1, -0.05) is 12.1 Å². The van der Waals surface area contributed by atoms with Crippen LogP contribution in [0.25, 0.3) is 5.82 Å². The minimum Gasteiger partial charge on any atom is -0.367 e. The summed E-state index contributed by atoms with van der Waals surface area (Å²) >= 11 is 0. The van der Waals surface area contributed by atoms with Crippen LogP contribution in [0.2, 0.25) is 0 Å². The van der Waals surface area contributed by atoms with Crippen molar-refractivity contribution in [3.63, 3.8) is 0 Å². The second kappa shape index (κ2) is 8.72. The smallest absolute Gasteiger partial charge is 0.240 e. The Kier molecular flexibility index (Phi) is 6.28. The van der Waals surface area contributed by atoms with Gasteiger partial charge < -0.3 is 5.32 Å². The van der Waals surface area contributed by atoms with Crippen LogP contribution in [-0.4, -0.2) is 47.3 Å². The summed E-state index contributed by atoms with van der Waals surface area (Å²) in [6, 6.07) is 9.50. The number of aryl methyl sites for hydroxylation is 1. The number of anilines is 1. The number of Topliss-reactive ketones (excluding diaryl/α,β-unsaturated/α-hetero) is 1. The minimum atomic E-state index is -3.71. The topological polar surface area (TPSA) is 119 Å². The maximum Gasteiger partial charge on any atom is 0.240 e. The van der Waals surface area contributed by atoms with Crippen molar-refractivity contribution in [3.05, 3.63) is 58.9 Å². The van der Waals surface area contributed by atoms with Crippen molar-refractivity contribution in [1.29, 1.82) is 0 Å². The first-order chi connectivity index (χ1) is 14.2. The first-order valence-corrected chi connectivity index (χ1v) is 10.9. The molecule has 0 bridgehead atoms. The molecule has 0 saturated heterocycles. The van der Waals surface area contributed by atoms with Gasteiger partial charge >= 0.3 is 0 Å². The third kappa shape index (κ3) is 4.71. The minimum absolute atomic E-state index is 0.0551. The molecule has 30 heavy (non-hydrogen) atoms. The van der Waals surface area contributed by atoms with E-state index in [4.69, 9.17) is 0 Å². The van der Waals surface area contributed by atoms with Crippen LogP contribution in [0, 0.1) is 20.8 Å². The molecule has 9 nitrogen and oxygen atoms in total. The second-order valence-electron chi connectivity index (χ2n) is 6.89. The molecule has 2 N–H and O–H groups in total. The molecule has 0 saturated carbocycles. The van der Waals surface area contributed by atoms with Gasteiger partial charge in [0.25, 0.3) is 0 Å². The number of rotatable bonds is 8. The number of benzene rings is 1. The highest BCUT2D eigenvalue weighted by Crippen LogP contribution is 2.15. The van der Waals surface area contributed by atoms with Crippen LogP contribution in [0.4, 0.5) is 5.82 Å². The number of nitrogens with one attached hydrogen (secondary N) is 2. The lowest BCUT2D eigenvalue weighted by molar-refractivity contribution is 0.101. The fourth-order valence-electron chi connectivity index (χ4n) is 2.82. The van der Waals surface area contributed by atoms with Crippen LogP contribution in [0.1, 0.15) is 34.2 Å². The molecule has 0 unspecified atom stereocenters. The van der Waals surface area contributed by atoms with Gasteiger partial charge in [0.05, 0.1) is 10.6 Å². The van der Waals surface area contributed by atoms with Gasteiger partial charge in [0.15, 0.2) is 11.6 Å². The number of aromatic nitrogens is 4. The summed E-state index contributed by atoms with van der Waals surface area (Å²) in [5.41, 5.74) is 3.41. The van der Waals surface area contributed by atoms with Gasteiger partial charge in [0, 0.05) is 24.3 Å². The molecule has 0 aliphatic heterocycles.